The summed E-state index contributed by atoms with van der Waals surface area (Å²) in [5.74, 6) is -2.33. The zero-order chi connectivity index (χ0) is 78.9. The van der Waals surface area contributed by atoms with E-state index in [2.05, 4.69) is 180 Å². The maximum atomic E-state index is 13.1. The van der Waals surface area contributed by atoms with Gasteiger partial charge in [0.25, 0.3) is 0 Å². The number of phosphoric ester groups is 2. The Labute approximate surface area is 654 Å². The standard InChI is InChI=1S/C89H146O17P2/c1-5-9-13-17-21-25-29-33-37-40-41-44-47-50-54-58-62-66-70-74-87(92)100-79-84(105-88(93)75-71-67-63-59-55-51-45-36-32-28-24-20-16-12-8-4)81-103-107(95,96)101-77-83(90)78-102-108(97,98)104-82-85(106-89(94)76-72-68-64-60-56-52-48-43-39-35-31-27-23-19-15-11-7-3)80-99-86(91)73-69-65-61-57-53-49-46-42-38-34-30-26-22-18-14-10-6-2/h9-11,13-15,21-23,25-27,33-39,41,44-46,49-50,54,62,66,83-85,90H,5-8,12,16-20,24,28-32,40,42-43,47-48,51-53,55-61,63-65,67-82H2,1-4H3,(H,95,96)(H,97,98)/b13-9-,14-10-,15-11-,25-21-,26-22-,27-23-,37-33-,38-34-,39-35-,44-41-,45-36-,49-46-,54-50-,66-62-. The van der Waals surface area contributed by atoms with Crippen molar-refractivity contribution in [3.8, 4) is 0 Å². The van der Waals surface area contributed by atoms with Crippen LogP contribution in [0.4, 0.5) is 0 Å². The maximum absolute atomic E-state index is 13.1. The summed E-state index contributed by atoms with van der Waals surface area (Å²) in [5.41, 5.74) is 0. The molecular formula is C89H146O17P2. The summed E-state index contributed by atoms with van der Waals surface area (Å²) < 4.78 is 68.6. The number of ether oxygens (including phenoxy) is 4. The quantitative estimate of drug-likeness (QED) is 0.0169. The second-order valence-electron chi connectivity index (χ2n) is 26.9. The molecule has 0 aromatic carbocycles. The van der Waals surface area contributed by atoms with Gasteiger partial charge < -0.3 is 33.8 Å². The molecule has 108 heavy (non-hydrogen) atoms. The van der Waals surface area contributed by atoms with Crippen molar-refractivity contribution in [2.75, 3.05) is 39.6 Å². The summed E-state index contributed by atoms with van der Waals surface area (Å²) >= 11 is 0. The fraction of sp³-hybridized carbons (Fsp3) is 0.640. The highest BCUT2D eigenvalue weighted by Gasteiger charge is 2.30. The number of hydrogen-bond acceptors (Lipinski definition) is 15. The number of unbranched alkanes of at least 4 members (excludes halogenated alkanes) is 22. The summed E-state index contributed by atoms with van der Waals surface area (Å²) in [6, 6.07) is 0. The summed E-state index contributed by atoms with van der Waals surface area (Å²) in [7, 11) is -10.0. The molecule has 0 aromatic heterocycles. The van der Waals surface area contributed by atoms with Crippen molar-refractivity contribution in [2.45, 2.75) is 329 Å². The maximum Gasteiger partial charge on any atom is 0.472 e. The van der Waals surface area contributed by atoms with E-state index in [-0.39, 0.29) is 25.7 Å². The van der Waals surface area contributed by atoms with Crippen molar-refractivity contribution in [3.05, 3.63) is 170 Å². The average molecular weight is 1550 g/mol. The highest BCUT2D eigenvalue weighted by molar-refractivity contribution is 7.47. The lowest BCUT2D eigenvalue weighted by molar-refractivity contribution is -0.161. The molecule has 0 aliphatic carbocycles. The number of hydrogen-bond donors (Lipinski definition) is 3. The van der Waals surface area contributed by atoms with Crippen LogP contribution in [0.1, 0.15) is 310 Å². The van der Waals surface area contributed by atoms with Gasteiger partial charge in [-0.1, -0.05) is 294 Å². The zero-order valence-electron chi connectivity index (χ0n) is 67.2. The molecule has 0 fully saturated rings. The molecule has 0 spiro atoms. The molecular weight excluding hydrogens is 1400 g/mol. The average Bonchev–Trinajstić information content (AvgIpc) is 0.901. The summed E-state index contributed by atoms with van der Waals surface area (Å²) in [5, 5.41) is 10.7. The van der Waals surface area contributed by atoms with Crippen molar-refractivity contribution >= 4 is 39.5 Å². The molecule has 0 radical (unpaired) electrons. The molecule has 0 saturated carbocycles. The van der Waals surface area contributed by atoms with Crippen LogP contribution >= 0.6 is 15.6 Å². The molecule has 0 aliphatic rings. The molecule has 19 heteroatoms. The number of phosphoric acid groups is 2. The Balaban J connectivity index is 5.48. The van der Waals surface area contributed by atoms with Crippen LogP contribution in [0.3, 0.4) is 0 Å². The van der Waals surface area contributed by atoms with E-state index < -0.39 is 97.5 Å². The number of rotatable bonds is 76. The Morgan fingerprint density at radius 1 is 0.269 bits per heavy atom. The number of carbonyl (C=O) groups is 4. The van der Waals surface area contributed by atoms with Crippen molar-refractivity contribution in [3.63, 3.8) is 0 Å². The smallest absolute Gasteiger partial charge is 0.462 e. The van der Waals surface area contributed by atoms with Gasteiger partial charge in [-0.05, 0) is 161 Å². The summed E-state index contributed by atoms with van der Waals surface area (Å²) in [6.45, 7) is 4.41. The van der Waals surface area contributed by atoms with Gasteiger partial charge in [0.15, 0.2) is 12.2 Å². The van der Waals surface area contributed by atoms with Crippen LogP contribution < -0.4 is 0 Å². The molecule has 5 atom stereocenters. The SMILES string of the molecule is CC/C=C\C/C=C\C/C=C\C/C=C\C/C=C\C/C=C\CCC(=O)OCC(COP(=O)(O)OCC(O)COP(=O)(O)OCC(COC(=O)CCCCCC/C=C\C/C=C\C/C=C\C/C=C\CC)OC(=O)CCCCCCCCC/C=C\C/C=C\C/C=C\CC)OC(=O)CCCCCCC/C=C\CCCCCCCC. The number of aliphatic hydroxyl groups excluding tert-OH is 1. The molecule has 5 unspecified atom stereocenters. The minimum atomic E-state index is -5.01. The van der Waals surface area contributed by atoms with Crippen LogP contribution in [0.25, 0.3) is 0 Å². The van der Waals surface area contributed by atoms with Gasteiger partial charge in [-0.3, -0.25) is 37.3 Å². The van der Waals surface area contributed by atoms with Gasteiger partial charge in [-0.2, -0.15) is 0 Å². The largest absolute Gasteiger partial charge is 0.472 e. The van der Waals surface area contributed by atoms with Gasteiger partial charge in [0.05, 0.1) is 26.4 Å². The Morgan fingerprint density at radius 3 is 0.806 bits per heavy atom. The van der Waals surface area contributed by atoms with E-state index >= 15 is 0 Å². The first-order chi connectivity index (χ1) is 52.7. The monoisotopic (exact) mass is 1550 g/mol. The second-order valence-corrected chi connectivity index (χ2v) is 29.8. The Kier molecular flexibility index (Phi) is 75.4. The zero-order valence-corrected chi connectivity index (χ0v) is 69.0. The van der Waals surface area contributed by atoms with E-state index in [1.165, 1.54) is 38.5 Å². The van der Waals surface area contributed by atoms with E-state index in [1.54, 1.807) is 0 Å². The van der Waals surface area contributed by atoms with Gasteiger partial charge in [-0.15, -0.1) is 0 Å². The summed E-state index contributed by atoms with van der Waals surface area (Å²) in [4.78, 5) is 73.1. The molecule has 3 N–H and O–H groups in total. The molecule has 0 saturated heterocycles. The van der Waals surface area contributed by atoms with E-state index in [1.807, 2.05) is 18.2 Å². The molecule has 0 rings (SSSR count). The van der Waals surface area contributed by atoms with Crippen molar-refractivity contribution in [1.82, 2.24) is 0 Å². The van der Waals surface area contributed by atoms with Crippen LogP contribution in [-0.2, 0) is 65.4 Å². The molecule has 0 heterocycles. The van der Waals surface area contributed by atoms with Crippen LogP contribution in [0, 0.1) is 0 Å². The highest BCUT2D eigenvalue weighted by Crippen LogP contribution is 2.45. The van der Waals surface area contributed by atoms with Crippen LogP contribution in [0.2, 0.25) is 0 Å². The first-order valence-corrected chi connectivity index (χ1v) is 44.4. The lowest BCUT2D eigenvalue weighted by atomic mass is 10.1. The predicted molar refractivity (Wildman–Crippen MR) is 445 cm³/mol. The van der Waals surface area contributed by atoms with Gasteiger partial charge in [0.1, 0.15) is 19.3 Å². The minimum Gasteiger partial charge on any atom is -0.462 e. The third kappa shape index (κ3) is 78.5. The lowest BCUT2D eigenvalue weighted by Crippen LogP contribution is -2.30. The number of carbonyl (C=O) groups excluding carboxylic acids is 4. The fourth-order valence-electron chi connectivity index (χ4n) is 10.5. The van der Waals surface area contributed by atoms with Crippen LogP contribution in [0.15, 0.2) is 170 Å². The summed E-state index contributed by atoms with van der Waals surface area (Å²) in [6.07, 6.45) is 94.8. The first kappa shape index (κ1) is 102. The normalized spacial score (nSPS) is 14.7. The Morgan fingerprint density at radius 2 is 0.500 bits per heavy atom. The van der Waals surface area contributed by atoms with E-state index in [0.717, 1.165) is 186 Å². The van der Waals surface area contributed by atoms with Crippen molar-refractivity contribution in [1.29, 1.82) is 0 Å². The molecule has 0 bridgehead atoms. The molecule has 17 nitrogen and oxygen atoms in total. The number of esters is 4. The lowest BCUT2D eigenvalue weighted by Gasteiger charge is -2.21. The minimum absolute atomic E-state index is 0.0295. The number of aliphatic hydroxyl groups is 1. The van der Waals surface area contributed by atoms with E-state index in [0.29, 0.717) is 32.1 Å². The fourth-order valence-corrected chi connectivity index (χ4v) is 12.1. The predicted octanol–water partition coefficient (Wildman–Crippen LogP) is 24.6. The Bertz CT molecular complexity index is 2710. The topological polar surface area (TPSA) is 237 Å². The Hall–Kier alpha value is -5.58. The second kappa shape index (κ2) is 79.5. The first-order valence-electron chi connectivity index (χ1n) is 41.4. The highest BCUT2D eigenvalue weighted by atomic mass is 31.2. The van der Waals surface area contributed by atoms with Gasteiger partial charge in [0.2, 0.25) is 0 Å². The van der Waals surface area contributed by atoms with Crippen LogP contribution in [-0.4, -0.2) is 96.7 Å². The van der Waals surface area contributed by atoms with Gasteiger partial charge >= 0.3 is 39.5 Å². The van der Waals surface area contributed by atoms with Gasteiger partial charge in [-0.25, -0.2) is 9.13 Å². The van der Waals surface area contributed by atoms with Crippen LogP contribution in [0.5, 0.6) is 0 Å². The van der Waals surface area contributed by atoms with Crippen molar-refractivity contribution in [2.24, 2.45) is 0 Å². The molecule has 0 aliphatic heterocycles. The third-order valence-electron chi connectivity index (χ3n) is 16.7. The molecule has 614 valence electrons. The third-order valence-corrected chi connectivity index (χ3v) is 18.6. The van der Waals surface area contributed by atoms with Gasteiger partial charge in [0, 0.05) is 25.7 Å². The molecule has 0 aromatic rings. The van der Waals surface area contributed by atoms with Crippen molar-refractivity contribution < 1.29 is 80.2 Å². The van der Waals surface area contributed by atoms with E-state index in [4.69, 9.17) is 37.0 Å². The van der Waals surface area contributed by atoms with E-state index in [9.17, 15) is 43.2 Å². The molecule has 0 amide bonds. The number of allylic oxidation sites excluding steroid dienone is 28.